The van der Waals surface area contributed by atoms with Crippen LogP contribution in [0, 0.1) is 0 Å². The lowest BCUT2D eigenvalue weighted by atomic mass is 9.78. The van der Waals surface area contributed by atoms with Gasteiger partial charge < -0.3 is 14.8 Å². The van der Waals surface area contributed by atoms with Crippen molar-refractivity contribution in [3.05, 3.63) is 22.3 Å². The zero-order chi connectivity index (χ0) is 15.1. The summed E-state index contributed by atoms with van der Waals surface area (Å²) in [7, 11) is -0.993. The van der Waals surface area contributed by atoms with E-state index in [-0.39, 0.29) is 21.4 Å². The van der Waals surface area contributed by atoms with Crippen LogP contribution in [0.2, 0.25) is 0 Å². The number of fused-ring (bicyclic) bond motifs is 1. The van der Waals surface area contributed by atoms with Crippen molar-refractivity contribution in [2.45, 2.75) is 6.18 Å². The molecular weight excluding hydrogens is 344 g/mol. The summed E-state index contributed by atoms with van der Waals surface area (Å²) in [6.07, 6.45) is -4.82. The number of ether oxygens (including phenoxy) is 1. The minimum absolute atomic E-state index is 0.0421. The summed E-state index contributed by atoms with van der Waals surface area (Å²) < 4.78 is 43.4. The highest BCUT2D eigenvalue weighted by Gasteiger charge is 2.40. The highest BCUT2D eigenvalue weighted by atomic mass is 79.9. The number of hydrogen-bond acceptors (Lipinski definition) is 5. The molecule has 106 valence electrons. The van der Waals surface area contributed by atoms with E-state index in [1.807, 2.05) is 0 Å². The Kier molecular flexibility index (Phi) is 3.89. The number of nitrogens with zero attached hydrogens (tertiary/aromatic N) is 2. The van der Waals surface area contributed by atoms with Gasteiger partial charge in [-0.2, -0.15) is 13.2 Å². The molecule has 0 spiro atoms. The molecule has 2 aromatic rings. The smallest absolute Gasteiger partial charge is 0.481 e. The summed E-state index contributed by atoms with van der Waals surface area (Å²) in [6, 6.07) is 2.66. The van der Waals surface area contributed by atoms with E-state index in [0.717, 1.165) is 0 Å². The topological polar surface area (TPSA) is 75.5 Å². The van der Waals surface area contributed by atoms with Gasteiger partial charge in [0.15, 0.2) is 0 Å². The molecule has 0 saturated heterocycles. The van der Waals surface area contributed by atoms with Crippen LogP contribution < -0.4 is 10.2 Å². The highest BCUT2D eigenvalue weighted by Crippen LogP contribution is 2.31. The van der Waals surface area contributed by atoms with Gasteiger partial charge in [-0.1, -0.05) is 0 Å². The summed E-state index contributed by atoms with van der Waals surface area (Å²) in [5.74, 6) is 0.165. The molecule has 0 aliphatic carbocycles. The average Bonchev–Trinajstić information content (AvgIpc) is 2.36. The van der Waals surface area contributed by atoms with Crippen LogP contribution in [0.15, 0.2) is 16.6 Å². The second-order valence-electron chi connectivity index (χ2n) is 3.78. The number of methoxy groups -OCH3 is 1. The van der Waals surface area contributed by atoms with Gasteiger partial charge in [0, 0.05) is 16.0 Å². The van der Waals surface area contributed by atoms with Gasteiger partial charge >= 0.3 is 13.3 Å². The summed E-state index contributed by atoms with van der Waals surface area (Å²) in [5, 5.41) is 18.3. The molecule has 20 heavy (non-hydrogen) atoms. The largest absolute Gasteiger partial charge is 0.491 e. The maximum atomic E-state index is 12.9. The normalized spacial score (nSPS) is 11.8. The third-order valence-corrected chi connectivity index (χ3v) is 3.32. The SMILES string of the molecule is COc1ccc2nc(C(F)(F)F)c(B(O)O)c(Br)c2n1. The Labute approximate surface area is 119 Å². The average molecular weight is 351 g/mol. The van der Waals surface area contributed by atoms with Gasteiger partial charge in [-0.25, -0.2) is 9.97 Å². The van der Waals surface area contributed by atoms with Crippen LogP contribution in [0.4, 0.5) is 13.2 Å². The van der Waals surface area contributed by atoms with Gasteiger partial charge in [0.1, 0.15) is 11.2 Å². The van der Waals surface area contributed by atoms with Crippen molar-refractivity contribution < 1.29 is 28.0 Å². The fourth-order valence-corrected chi connectivity index (χ4v) is 2.35. The van der Waals surface area contributed by atoms with Crippen LogP contribution in [0.25, 0.3) is 11.0 Å². The third-order valence-electron chi connectivity index (χ3n) is 2.52. The van der Waals surface area contributed by atoms with E-state index in [2.05, 4.69) is 25.9 Å². The van der Waals surface area contributed by atoms with E-state index in [1.165, 1.54) is 19.2 Å². The Morgan fingerprint density at radius 3 is 2.40 bits per heavy atom. The second-order valence-corrected chi connectivity index (χ2v) is 4.57. The molecule has 2 heterocycles. The number of hydrogen-bond donors (Lipinski definition) is 2. The van der Waals surface area contributed by atoms with Crippen molar-refractivity contribution in [3.63, 3.8) is 0 Å². The maximum absolute atomic E-state index is 12.9. The first kappa shape index (κ1) is 15.0. The molecule has 5 nitrogen and oxygen atoms in total. The molecule has 0 atom stereocenters. The second kappa shape index (κ2) is 5.19. The standard InChI is InChI=1S/C10H7BBrF3N2O3/c1-20-5-3-2-4-8(17-5)7(12)6(11(18)19)9(16-4)10(13,14)15/h2-3,18-19H,1H3. The van der Waals surface area contributed by atoms with Crippen molar-refractivity contribution in [2.24, 2.45) is 0 Å². The molecule has 2 aromatic heterocycles. The summed E-state index contributed by atoms with van der Waals surface area (Å²) in [6.45, 7) is 0. The number of pyridine rings is 2. The minimum atomic E-state index is -4.82. The van der Waals surface area contributed by atoms with E-state index in [1.54, 1.807) is 0 Å². The Bertz CT molecular complexity index is 666. The van der Waals surface area contributed by atoms with Gasteiger partial charge in [0.05, 0.1) is 12.6 Å². The van der Waals surface area contributed by atoms with Crippen LogP contribution >= 0.6 is 15.9 Å². The molecule has 2 N–H and O–H groups in total. The zero-order valence-corrected chi connectivity index (χ0v) is 11.5. The predicted molar refractivity (Wildman–Crippen MR) is 68.6 cm³/mol. The van der Waals surface area contributed by atoms with Gasteiger partial charge in [0.25, 0.3) is 0 Å². The van der Waals surface area contributed by atoms with Crippen LogP contribution in [0.3, 0.4) is 0 Å². The first-order chi connectivity index (χ1) is 9.25. The maximum Gasteiger partial charge on any atom is 0.491 e. The van der Waals surface area contributed by atoms with Gasteiger partial charge in [-0.15, -0.1) is 0 Å². The number of aromatic nitrogens is 2. The first-order valence-corrected chi connectivity index (χ1v) is 6.02. The predicted octanol–water partition coefficient (Wildman–Crippen LogP) is 1.10. The summed E-state index contributed by atoms with van der Waals surface area (Å²) in [4.78, 5) is 7.35. The van der Waals surface area contributed by atoms with Gasteiger partial charge in [0.2, 0.25) is 5.88 Å². The molecule has 0 amide bonds. The molecule has 0 unspecified atom stereocenters. The van der Waals surface area contributed by atoms with Crippen molar-refractivity contribution >= 4 is 39.5 Å². The lowest BCUT2D eigenvalue weighted by molar-refractivity contribution is -0.140. The third kappa shape index (κ3) is 2.58. The Hall–Kier alpha value is -1.39. The van der Waals surface area contributed by atoms with E-state index >= 15 is 0 Å². The summed E-state index contributed by atoms with van der Waals surface area (Å²) >= 11 is 2.91. The fourth-order valence-electron chi connectivity index (χ4n) is 1.66. The van der Waals surface area contributed by atoms with E-state index in [9.17, 15) is 13.2 Å². The van der Waals surface area contributed by atoms with Crippen LogP contribution in [0.5, 0.6) is 5.88 Å². The van der Waals surface area contributed by atoms with E-state index in [0.29, 0.717) is 0 Å². The minimum Gasteiger partial charge on any atom is -0.481 e. The quantitative estimate of drug-likeness (QED) is 0.793. The van der Waals surface area contributed by atoms with Crippen molar-refractivity contribution in [3.8, 4) is 5.88 Å². The van der Waals surface area contributed by atoms with Gasteiger partial charge in [-0.3, -0.25) is 0 Å². The molecule has 0 saturated carbocycles. The fraction of sp³-hybridized carbons (Fsp3) is 0.200. The molecule has 0 radical (unpaired) electrons. The number of halogens is 4. The Balaban J connectivity index is 2.86. The van der Waals surface area contributed by atoms with E-state index < -0.39 is 24.5 Å². The van der Waals surface area contributed by atoms with Gasteiger partial charge in [-0.05, 0) is 22.0 Å². The number of rotatable bonds is 2. The van der Waals surface area contributed by atoms with Crippen LogP contribution in [-0.2, 0) is 6.18 Å². The van der Waals surface area contributed by atoms with Crippen molar-refractivity contribution in [2.75, 3.05) is 7.11 Å². The highest BCUT2D eigenvalue weighted by molar-refractivity contribution is 9.10. The summed E-state index contributed by atoms with van der Waals surface area (Å²) in [5.41, 5.74) is -2.17. The van der Waals surface area contributed by atoms with Crippen LogP contribution in [-0.4, -0.2) is 34.2 Å². The van der Waals surface area contributed by atoms with Crippen molar-refractivity contribution in [1.29, 1.82) is 0 Å². The number of alkyl halides is 3. The molecule has 10 heteroatoms. The zero-order valence-electron chi connectivity index (χ0n) is 9.94. The molecule has 2 rings (SSSR count). The molecule has 0 fully saturated rings. The molecule has 0 aliphatic heterocycles. The van der Waals surface area contributed by atoms with E-state index in [4.69, 9.17) is 14.8 Å². The lowest BCUT2D eigenvalue weighted by Crippen LogP contribution is -2.38. The van der Waals surface area contributed by atoms with Crippen molar-refractivity contribution in [1.82, 2.24) is 9.97 Å². The monoisotopic (exact) mass is 350 g/mol. The molecular formula is C10H7BBrF3N2O3. The molecule has 0 aliphatic rings. The Morgan fingerprint density at radius 1 is 1.25 bits per heavy atom. The van der Waals surface area contributed by atoms with Crippen LogP contribution in [0.1, 0.15) is 5.69 Å². The first-order valence-electron chi connectivity index (χ1n) is 5.23. The molecule has 0 aromatic carbocycles. The lowest BCUT2D eigenvalue weighted by Gasteiger charge is -2.15. The molecule has 0 bridgehead atoms. The Morgan fingerprint density at radius 2 is 1.90 bits per heavy atom.